The van der Waals surface area contributed by atoms with Crippen LogP contribution in [-0.2, 0) is 9.59 Å². The molecule has 0 aromatic heterocycles. The van der Waals surface area contributed by atoms with Crippen molar-refractivity contribution in [2.24, 2.45) is 5.92 Å². The van der Waals surface area contributed by atoms with E-state index in [-0.39, 0.29) is 23.7 Å². The van der Waals surface area contributed by atoms with Crippen LogP contribution in [-0.4, -0.2) is 25.0 Å². The summed E-state index contributed by atoms with van der Waals surface area (Å²) in [4.78, 5) is 28.1. The molecule has 31 heavy (non-hydrogen) atoms. The maximum atomic E-state index is 13.6. The van der Waals surface area contributed by atoms with E-state index in [1.165, 1.54) is 18.6 Å². The fourth-order valence-electron chi connectivity index (χ4n) is 4.81. The van der Waals surface area contributed by atoms with Gasteiger partial charge in [0.1, 0.15) is 11.6 Å². The molecule has 4 rings (SSSR count). The molecule has 5 nitrogen and oxygen atoms in total. The summed E-state index contributed by atoms with van der Waals surface area (Å²) in [5, 5.41) is 3.23. The highest BCUT2D eigenvalue weighted by molar-refractivity contribution is 5.97. The molecule has 2 aromatic carbocycles. The molecule has 2 fully saturated rings. The number of carbonyl (C=O) groups excluding carboxylic acids is 2. The van der Waals surface area contributed by atoms with Crippen molar-refractivity contribution < 1.29 is 18.7 Å². The topological polar surface area (TPSA) is 58.6 Å². The SMILES string of the molecule is COc1ccc(N2C(=O)CC[C@@H](C(=O)NC3CCCCC3)[C@@H]2c2ccc(F)cc2)cc1. The lowest BCUT2D eigenvalue weighted by molar-refractivity contribution is -0.130. The van der Waals surface area contributed by atoms with Gasteiger partial charge in [-0.3, -0.25) is 9.59 Å². The number of nitrogens with one attached hydrogen (secondary N) is 1. The van der Waals surface area contributed by atoms with Crippen molar-refractivity contribution >= 4 is 17.5 Å². The number of rotatable bonds is 5. The van der Waals surface area contributed by atoms with Crippen molar-refractivity contribution in [1.29, 1.82) is 0 Å². The molecule has 6 heteroatoms. The van der Waals surface area contributed by atoms with Crippen LogP contribution >= 0.6 is 0 Å². The van der Waals surface area contributed by atoms with Gasteiger partial charge in [-0.25, -0.2) is 4.39 Å². The van der Waals surface area contributed by atoms with E-state index >= 15 is 0 Å². The van der Waals surface area contributed by atoms with E-state index in [0.717, 1.165) is 31.2 Å². The zero-order chi connectivity index (χ0) is 21.8. The average molecular weight is 425 g/mol. The largest absolute Gasteiger partial charge is 0.497 e. The molecule has 1 heterocycles. The maximum absolute atomic E-state index is 13.6. The highest BCUT2D eigenvalue weighted by Crippen LogP contribution is 2.40. The number of benzene rings is 2. The number of anilines is 1. The van der Waals surface area contributed by atoms with Gasteiger partial charge in [0.15, 0.2) is 0 Å². The Kier molecular flexibility index (Phi) is 6.54. The first-order chi connectivity index (χ1) is 15.1. The van der Waals surface area contributed by atoms with Crippen LogP contribution in [0.3, 0.4) is 0 Å². The Hall–Kier alpha value is -2.89. The summed E-state index contributed by atoms with van der Waals surface area (Å²) in [7, 11) is 1.59. The van der Waals surface area contributed by atoms with Gasteiger partial charge in [-0.2, -0.15) is 0 Å². The van der Waals surface area contributed by atoms with E-state index in [1.807, 2.05) is 12.1 Å². The summed E-state index contributed by atoms with van der Waals surface area (Å²) < 4.78 is 18.9. The quantitative estimate of drug-likeness (QED) is 0.752. The van der Waals surface area contributed by atoms with Crippen molar-refractivity contribution in [3.8, 4) is 5.75 Å². The summed E-state index contributed by atoms with van der Waals surface area (Å²) in [5.74, 6) is -0.108. The molecule has 0 spiro atoms. The van der Waals surface area contributed by atoms with Crippen molar-refractivity contribution in [2.75, 3.05) is 12.0 Å². The number of amides is 2. The zero-order valence-corrected chi connectivity index (χ0v) is 17.9. The highest BCUT2D eigenvalue weighted by Gasteiger charge is 2.42. The summed E-state index contributed by atoms with van der Waals surface area (Å²) in [5.41, 5.74) is 1.46. The Balaban J connectivity index is 1.68. The summed E-state index contributed by atoms with van der Waals surface area (Å²) in [6.45, 7) is 0. The van der Waals surface area contributed by atoms with Crippen molar-refractivity contribution in [1.82, 2.24) is 5.32 Å². The predicted molar refractivity (Wildman–Crippen MR) is 117 cm³/mol. The number of piperidine rings is 1. The van der Waals surface area contributed by atoms with Gasteiger partial charge >= 0.3 is 0 Å². The van der Waals surface area contributed by atoms with Crippen LogP contribution in [0.25, 0.3) is 0 Å². The van der Waals surface area contributed by atoms with E-state index in [4.69, 9.17) is 4.74 Å². The molecule has 2 aromatic rings. The Morgan fingerprint density at radius 3 is 2.32 bits per heavy atom. The van der Waals surface area contributed by atoms with Gasteiger partial charge in [0, 0.05) is 18.2 Å². The minimum absolute atomic E-state index is 0.0211. The molecule has 0 unspecified atom stereocenters. The summed E-state index contributed by atoms with van der Waals surface area (Å²) in [6.07, 6.45) is 6.26. The Bertz CT molecular complexity index is 907. The molecule has 0 bridgehead atoms. The number of ether oxygens (including phenoxy) is 1. The fourth-order valence-corrected chi connectivity index (χ4v) is 4.81. The molecule has 1 saturated carbocycles. The lowest BCUT2D eigenvalue weighted by atomic mass is 9.82. The van der Waals surface area contributed by atoms with E-state index in [0.29, 0.717) is 24.3 Å². The molecule has 1 aliphatic heterocycles. The van der Waals surface area contributed by atoms with E-state index < -0.39 is 12.0 Å². The molecule has 1 saturated heterocycles. The lowest BCUT2D eigenvalue weighted by Gasteiger charge is -2.41. The van der Waals surface area contributed by atoms with Crippen LogP contribution < -0.4 is 15.0 Å². The first-order valence-electron chi connectivity index (χ1n) is 11.1. The second kappa shape index (κ2) is 9.50. The number of hydrogen-bond donors (Lipinski definition) is 1. The lowest BCUT2D eigenvalue weighted by Crippen LogP contribution is -2.50. The Morgan fingerprint density at radius 2 is 1.68 bits per heavy atom. The first kappa shape index (κ1) is 21.3. The molecule has 2 aliphatic rings. The molecule has 1 aliphatic carbocycles. The van der Waals surface area contributed by atoms with Gasteiger partial charge in [0.05, 0.1) is 19.1 Å². The normalized spacial score (nSPS) is 22.3. The highest BCUT2D eigenvalue weighted by atomic mass is 19.1. The van der Waals surface area contributed by atoms with Gasteiger partial charge in [-0.15, -0.1) is 0 Å². The number of hydrogen-bond acceptors (Lipinski definition) is 3. The van der Waals surface area contributed by atoms with Crippen molar-refractivity contribution in [3.05, 3.63) is 59.9 Å². The third-order valence-electron chi connectivity index (χ3n) is 6.45. The van der Waals surface area contributed by atoms with Crippen LogP contribution in [0.2, 0.25) is 0 Å². The third-order valence-corrected chi connectivity index (χ3v) is 6.45. The molecule has 1 N–H and O–H groups in total. The number of carbonyl (C=O) groups is 2. The van der Waals surface area contributed by atoms with Crippen LogP contribution in [0.15, 0.2) is 48.5 Å². The smallest absolute Gasteiger partial charge is 0.227 e. The van der Waals surface area contributed by atoms with Gasteiger partial charge in [0.2, 0.25) is 11.8 Å². The van der Waals surface area contributed by atoms with Crippen molar-refractivity contribution in [2.45, 2.75) is 57.0 Å². The minimum Gasteiger partial charge on any atom is -0.497 e. The van der Waals surface area contributed by atoms with E-state index in [2.05, 4.69) is 5.32 Å². The van der Waals surface area contributed by atoms with Gasteiger partial charge in [-0.1, -0.05) is 31.4 Å². The fraction of sp³-hybridized carbons (Fsp3) is 0.440. The Labute approximate surface area is 182 Å². The summed E-state index contributed by atoms with van der Waals surface area (Å²) in [6, 6.07) is 13.1. The molecule has 0 radical (unpaired) electrons. The van der Waals surface area contributed by atoms with Crippen LogP contribution in [0.4, 0.5) is 10.1 Å². The monoisotopic (exact) mass is 424 g/mol. The third kappa shape index (κ3) is 4.73. The average Bonchev–Trinajstić information content (AvgIpc) is 2.80. The number of nitrogens with zero attached hydrogens (tertiary/aromatic N) is 1. The van der Waals surface area contributed by atoms with Crippen LogP contribution in [0.1, 0.15) is 56.6 Å². The van der Waals surface area contributed by atoms with Gasteiger partial charge < -0.3 is 15.0 Å². The van der Waals surface area contributed by atoms with Gasteiger partial charge in [-0.05, 0) is 61.2 Å². The molecule has 164 valence electrons. The minimum atomic E-state index is -0.487. The van der Waals surface area contributed by atoms with E-state index in [9.17, 15) is 14.0 Å². The second-order valence-electron chi connectivity index (χ2n) is 8.45. The maximum Gasteiger partial charge on any atom is 0.227 e. The molecule has 2 atom stereocenters. The van der Waals surface area contributed by atoms with E-state index in [1.54, 1.807) is 36.3 Å². The number of halogens is 1. The predicted octanol–water partition coefficient (Wildman–Crippen LogP) is 4.77. The molecule has 2 amide bonds. The van der Waals surface area contributed by atoms with Crippen LogP contribution in [0, 0.1) is 11.7 Å². The summed E-state index contributed by atoms with van der Waals surface area (Å²) >= 11 is 0. The van der Waals surface area contributed by atoms with Crippen LogP contribution in [0.5, 0.6) is 5.75 Å². The number of methoxy groups -OCH3 is 1. The molecular weight excluding hydrogens is 395 g/mol. The molecular formula is C25H29FN2O3. The Morgan fingerprint density at radius 1 is 1.00 bits per heavy atom. The van der Waals surface area contributed by atoms with Gasteiger partial charge in [0.25, 0.3) is 0 Å². The van der Waals surface area contributed by atoms with Crippen molar-refractivity contribution in [3.63, 3.8) is 0 Å². The zero-order valence-electron chi connectivity index (χ0n) is 17.9. The standard InChI is InChI=1S/C25H29FN2O3/c1-31-21-13-11-20(12-14-21)28-23(29)16-15-22(24(28)17-7-9-18(26)10-8-17)25(30)27-19-5-3-2-4-6-19/h7-14,19,22,24H,2-6,15-16H2,1H3,(H,27,30)/t22-,24+/m1/s1. The second-order valence-corrected chi connectivity index (χ2v) is 8.45. The first-order valence-corrected chi connectivity index (χ1v) is 11.1.